The topological polar surface area (TPSA) is 72.0 Å². The van der Waals surface area contributed by atoms with Gasteiger partial charge in [0.05, 0.1) is 4.75 Å². The summed E-state index contributed by atoms with van der Waals surface area (Å²) in [6.45, 7) is 7.12. The number of nitrogens with one attached hydrogen (secondary N) is 1. The molecule has 0 aromatic carbocycles. The molecular formula is C11H18ClN3O2S. The Morgan fingerprint density at radius 3 is 2.33 bits per heavy atom. The summed E-state index contributed by atoms with van der Waals surface area (Å²) in [4.78, 5) is 8.24. The van der Waals surface area contributed by atoms with Crippen molar-refractivity contribution in [1.29, 1.82) is 0 Å². The highest BCUT2D eigenvalue weighted by molar-refractivity contribution is 7.92. The Morgan fingerprint density at radius 1 is 1.28 bits per heavy atom. The molecule has 1 rings (SSSR count). The average Bonchev–Trinajstić information content (AvgIpc) is 2.19. The zero-order valence-corrected chi connectivity index (χ0v) is 12.8. The maximum atomic E-state index is 11.6. The van der Waals surface area contributed by atoms with Gasteiger partial charge in [0, 0.05) is 18.4 Å². The molecule has 0 amide bonds. The van der Waals surface area contributed by atoms with Crippen LogP contribution in [0, 0.1) is 13.8 Å². The van der Waals surface area contributed by atoms with Gasteiger partial charge in [-0.05, 0) is 27.7 Å². The van der Waals surface area contributed by atoms with Gasteiger partial charge in [0.25, 0.3) is 0 Å². The molecule has 0 unspecified atom stereocenters. The fourth-order valence-corrected chi connectivity index (χ4v) is 1.74. The Hall–Kier alpha value is -0.880. The summed E-state index contributed by atoms with van der Waals surface area (Å²) in [7, 11) is -3.14. The van der Waals surface area contributed by atoms with E-state index in [9.17, 15) is 8.42 Å². The maximum Gasteiger partial charge on any atom is 0.154 e. The van der Waals surface area contributed by atoms with Crippen LogP contribution in [0.5, 0.6) is 0 Å². The fraction of sp³-hybridized carbons (Fsp3) is 0.636. The van der Waals surface area contributed by atoms with Crippen LogP contribution >= 0.6 is 11.6 Å². The molecule has 0 saturated heterocycles. The Labute approximate surface area is 113 Å². The molecule has 0 bridgehead atoms. The van der Waals surface area contributed by atoms with E-state index in [0.29, 0.717) is 22.4 Å². The van der Waals surface area contributed by atoms with Crippen molar-refractivity contribution in [3.8, 4) is 0 Å². The molecule has 0 spiro atoms. The molecule has 0 atom stereocenters. The number of nitrogens with zero attached hydrogens (tertiary/aromatic N) is 2. The maximum absolute atomic E-state index is 11.6. The van der Waals surface area contributed by atoms with Crippen molar-refractivity contribution < 1.29 is 8.42 Å². The Bertz CT molecular complexity index is 556. The Balaban J connectivity index is 2.95. The zero-order chi connectivity index (χ0) is 14.1. The third-order valence-corrected chi connectivity index (χ3v) is 5.40. The van der Waals surface area contributed by atoms with Crippen molar-refractivity contribution in [2.24, 2.45) is 0 Å². The number of halogens is 1. The first-order valence-corrected chi connectivity index (χ1v) is 7.76. The molecule has 1 N–H and O–H groups in total. The van der Waals surface area contributed by atoms with Crippen molar-refractivity contribution in [1.82, 2.24) is 9.97 Å². The second-order valence-electron chi connectivity index (χ2n) is 4.92. The predicted molar refractivity (Wildman–Crippen MR) is 73.9 cm³/mol. The fourth-order valence-electron chi connectivity index (χ4n) is 1.19. The van der Waals surface area contributed by atoms with Crippen molar-refractivity contribution in [3.63, 3.8) is 0 Å². The molecule has 1 aromatic heterocycles. The Morgan fingerprint density at radius 2 is 1.83 bits per heavy atom. The van der Waals surface area contributed by atoms with E-state index in [-0.39, 0.29) is 6.54 Å². The molecule has 1 aromatic rings. The van der Waals surface area contributed by atoms with Crippen molar-refractivity contribution in [3.05, 3.63) is 16.5 Å². The third kappa shape index (κ3) is 3.32. The summed E-state index contributed by atoms with van der Waals surface area (Å²) >= 11 is 5.95. The SMILES string of the molecule is Cc1nc(Cl)c(C)c(NCC(C)(C)S(C)(=O)=O)n1. The van der Waals surface area contributed by atoms with Gasteiger partial charge in [0.15, 0.2) is 9.84 Å². The summed E-state index contributed by atoms with van der Waals surface area (Å²) < 4.78 is 22.3. The third-order valence-electron chi connectivity index (χ3n) is 2.88. The summed E-state index contributed by atoms with van der Waals surface area (Å²) in [5.74, 6) is 1.12. The standard InChI is InChI=1S/C11H18ClN3O2S/c1-7-9(12)14-8(2)15-10(7)13-6-11(3,4)18(5,16)17/h6H2,1-5H3,(H,13,14,15). The first-order chi connectivity index (χ1) is 8.04. The number of aromatic nitrogens is 2. The molecule has 5 nitrogen and oxygen atoms in total. The lowest BCUT2D eigenvalue weighted by molar-refractivity contribution is 0.559. The van der Waals surface area contributed by atoms with Crippen LogP contribution in [0.3, 0.4) is 0 Å². The molecule has 0 aliphatic rings. The molecule has 0 fully saturated rings. The molecule has 0 saturated carbocycles. The van der Waals surface area contributed by atoms with Crippen LogP contribution in [-0.2, 0) is 9.84 Å². The molecule has 7 heteroatoms. The van der Waals surface area contributed by atoms with E-state index in [1.807, 2.05) is 0 Å². The van der Waals surface area contributed by atoms with Gasteiger partial charge in [-0.2, -0.15) is 0 Å². The largest absolute Gasteiger partial charge is 0.368 e. The van der Waals surface area contributed by atoms with Gasteiger partial charge in [-0.15, -0.1) is 0 Å². The average molecular weight is 292 g/mol. The monoisotopic (exact) mass is 291 g/mol. The van der Waals surface area contributed by atoms with E-state index in [1.165, 1.54) is 6.26 Å². The predicted octanol–water partition coefficient (Wildman–Crippen LogP) is 1.98. The highest BCUT2D eigenvalue weighted by Gasteiger charge is 2.30. The van der Waals surface area contributed by atoms with Crippen LogP contribution in [0.2, 0.25) is 5.15 Å². The number of anilines is 1. The van der Waals surface area contributed by atoms with Crippen LogP contribution < -0.4 is 5.32 Å². The second kappa shape index (κ2) is 5.01. The van der Waals surface area contributed by atoms with Gasteiger partial charge in [-0.25, -0.2) is 18.4 Å². The number of hydrogen-bond acceptors (Lipinski definition) is 5. The van der Waals surface area contributed by atoms with Gasteiger partial charge in [0.1, 0.15) is 16.8 Å². The van der Waals surface area contributed by atoms with Crippen LogP contribution in [0.4, 0.5) is 5.82 Å². The number of hydrogen-bond donors (Lipinski definition) is 1. The van der Waals surface area contributed by atoms with E-state index < -0.39 is 14.6 Å². The number of sulfone groups is 1. The van der Waals surface area contributed by atoms with E-state index >= 15 is 0 Å². The number of rotatable bonds is 4. The van der Waals surface area contributed by atoms with Gasteiger partial charge >= 0.3 is 0 Å². The lowest BCUT2D eigenvalue weighted by Crippen LogP contribution is -2.38. The summed E-state index contributed by atoms with van der Waals surface area (Å²) in [6, 6.07) is 0. The van der Waals surface area contributed by atoms with E-state index in [4.69, 9.17) is 11.6 Å². The number of aryl methyl sites for hydroxylation is 1. The van der Waals surface area contributed by atoms with Crippen molar-refractivity contribution in [2.75, 3.05) is 18.1 Å². The quantitative estimate of drug-likeness (QED) is 0.859. The van der Waals surface area contributed by atoms with Crippen LogP contribution in [0.15, 0.2) is 0 Å². The lowest BCUT2D eigenvalue weighted by Gasteiger charge is -2.23. The molecule has 1 heterocycles. The van der Waals surface area contributed by atoms with E-state index in [0.717, 1.165) is 0 Å². The second-order valence-corrected chi connectivity index (χ2v) is 7.93. The van der Waals surface area contributed by atoms with Crippen molar-refractivity contribution in [2.45, 2.75) is 32.4 Å². The molecule has 0 aliphatic heterocycles. The first-order valence-electron chi connectivity index (χ1n) is 5.49. The molecule has 0 radical (unpaired) electrons. The lowest BCUT2D eigenvalue weighted by atomic mass is 10.2. The normalized spacial score (nSPS) is 12.6. The minimum atomic E-state index is -3.14. The summed E-state index contributed by atoms with van der Waals surface area (Å²) in [6.07, 6.45) is 1.22. The molecule has 0 aliphatic carbocycles. The summed E-state index contributed by atoms with van der Waals surface area (Å²) in [5, 5.41) is 3.40. The van der Waals surface area contributed by atoms with E-state index in [2.05, 4.69) is 15.3 Å². The molecule has 18 heavy (non-hydrogen) atoms. The molecular weight excluding hydrogens is 274 g/mol. The van der Waals surface area contributed by atoms with Gasteiger partial charge < -0.3 is 5.32 Å². The first kappa shape index (κ1) is 15.2. The highest BCUT2D eigenvalue weighted by atomic mass is 35.5. The van der Waals surface area contributed by atoms with Crippen LogP contribution in [-0.4, -0.2) is 35.9 Å². The van der Waals surface area contributed by atoms with Crippen molar-refractivity contribution >= 4 is 27.3 Å². The highest BCUT2D eigenvalue weighted by Crippen LogP contribution is 2.22. The minimum Gasteiger partial charge on any atom is -0.368 e. The van der Waals surface area contributed by atoms with Crippen LogP contribution in [0.25, 0.3) is 0 Å². The van der Waals surface area contributed by atoms with Gasteiger partial charge in [0.2, 0.25) is 0 Å². The van der Waals surface area contributed by atoms with E-state index in [1.54, 1.807) is 27.7 Å². The van der Waals surface area contributed by atoms with Gasteiger partial charge in [-0.1, -0.05) is 11.6 Å². The molecule has 102 valence electrons. The summed E-state index contributed by atoms with van der Waals surface area (Å²) in [5.41, 5.74) is 0.714. The van der Waals surface area contributed by atoms with Gasteiger partial charge in [-0.3, -0.25) is 0 Å². The minimum absolute atomic E-state index is 0.263. The zero-order valence-electron chi connectivity index (χ0n) is 11.2. The Kier molecular flexibility index (Phi) is 4.23. The van der Waals surface area contributed by atoms with Crippen LogP contribution in [0.1, 0.15) is 25.2 Å². The smallest absolute Gasteiger partial charge is 0.154 e.